The third kappa shape index (κ3) is 4.23. The first-order chi connectivity index (χ1) is 15.3. The summed E-state index contributed by atoms with van der Waals surface area (Å²) in [5.74, 6) is 1.48. The maximum atomic E-state index is 6.44. The summed E-state index contributed by atoms with van der Waals surface area (Å²) < 4.78 is 11.9. The van der Waals surface area contributed by atoms with Crippen LogP contribution in [-0.4, -0.2) is 13.2 Å². The molecule has 32 heavy (non-hydrogen) atoms. The zero-order valence-electron chi connectivity index (χ0n) is 19.9. The van der Waals surface area contributed by atoms with E-state index in [1.807, 2.05) is 18.2 Å². The molecule has 4 heteroatoms. The van der Waals surface area contributed by atoms with Crippen LogP contribution < -0.4 is 20.9 Å². The predicted octanol–water partition coefficient (Wildman–Crippen LogP) is 6.53. The largest absolute Gasteiger partial charge is 0.491 e. The van der Waals surface area contributed by atoms with Gasteiger partial charge in [0.25, 0.3) is 0 Å². The van der Waals surface area contributed by atoms with Crippen LogP contribution in [-0.2, 0) is 10.8 Å². The number of ether oxygens (including phenoxy) is 2. The Morgan fingerprint density at radius 1 is 0.875 bits per heavy atom. The summed E-state index contributed by atoms with van der Waals surface area (Å²) >= 11 is 0. The monoisotopic (exact) mass is 434 g/mol. The fraction of sp³-hybridized carbons (Fsp3) is 0.429. The van der Waals surface area contributed by atoms with Gasteiger partial charge in [-0.1, -0.05) is 39.0 Å². The van der Waals surface area contributed by atoms with Crippen LogP contribution in [0.15, 0.2) is 55.6 Å². The van der Waals surface area contributed by atoms with Crippen LogP contribution in [0.3, 0.4) is 0 Å². The molecule has 0 aromatic heterocycles. The second-order valence-corrected chi connectivity index (χ2v) is 9.07. The molecule has 2 aromatic carbocycles. The highest BCUT2D eigenvalue weighted by molar-refractivity contribution is 5.66. The van der Waals surface area contributed by atoms with Gasteiger partial charge >= 0.3 is 0 Å². The zero-order valence-corrected chi connectivity index (χ0v) is 19.9. The van der Waals surface area contributed by atoms with E-state index in [-0.39, 0.29) is 10.8 Å². The average molecular weight is 435 g/mol. The Balaban J connectivity index is 2.09. The molecule has 4 N–H and O–H groups in total. The first-order valence-electron chi connectivity index (χ1n) is 11.7. The van der Waals surface area contributed by atoms with Gasteiger partial charge in [0, 0.05) is 5.41 Å². The van der Waals surface area contributed by atoms with Gasteiger partial charge in [0.15, 0.2) is 0 Å². The number of benzene rings is 2. The molecule has 1 aliphatic carbocycles. The van der Waals surface area contributed by atoms with Crippen molar-refractivity contribution < 1.29 is 9.47 Å². The fourth-order valence-electron chi connectivity index (χ4n) is 5.05. The minimum Gasteiger partial charge on any atom is -0.491 e. The number of hydrogen-bond donors (Lipinski definition) is 2. The maximum Gasteiger partial charge on any atom is 0.142 e. The summed E-state index contributed by atoms with van der Waals surface area (Å²) in [7, 11) is 0. The lowest BCUT2D eigenvalue weighted by molar-refractivity contribution is 0.324. The van der Waals surface area contributed by atoms with Gasteiger partial charge < -0.3 is 20.9 Å². The van der Waals surface area contributed by atoms with E-state index >= 15 is 0 Å². The van der Waals surface area contributed by atoms with E-state index in [1.54, 1.807) is 0 Å². The molecule has 0 fully saturated rings. The third-order valence-corrected chi connectivity index (χ3v) is 7.11. The molecule has 0 saturated heterocycles. The number of rotatable bonds is 11. The number of hydrogen-bond acceptors (Lipinski definition) is 4. The van der Waals surface area contributed by atoms with Gasteiger partial charge in [0.05, 0.1) is 24.6 Å². The van der Waals surface area contributed by atoms with Crippen molar-refractivity contribution in [2.75, 3.05) is 24.7 Å². The van der Waals surface area contributed by atoms with Crippen LogP contribution in [0, 0.1) is 0 Å². The topological polar surface area (TPSA) is 70.5 Å². The summed E-state index contributed by atoms with van der Waals surface area (Å²) in [6.45, 7) is 15.5. The van der Waals surface area contributed by atoms with Gasteiger partial charge in [-0.15, -0.1) is 13.2 Å². The van der Waals surface area contributed by atoms with Gasteiger partial charge in [-0.3, -0.25) is 0 Å². The minimum absolute atomic E-state index is 0.0347. The van der Waals surface area contributed by atoms with E-state index in [9.17, 15) is 0 Å². The zero-order chi connectivity index (χ0) is 23.4. The summed E-state index contributed by atoms with van der Waals surface area (Å²) in [6.07, 6.45) is 8.28. The molecule has 0 bridgehead atoms. The SMILES string of the molecule is C=CCCOc1ccc(C2(CC)CC(C)(CC)c3cc(N)c(OCCC=C)cc32)cc1N. The lowest BCUT2D eigenvalue weighted by atomic mass is 9.70. The van der Waals surface area contributed by atoms with Crippen molar-refractivity contribution in [2.24, 2.45) is 0 Å². The van der Waals surface area contributed by atoms with Crippen molar-refractivity contribution in [2.45, 2.75) is 63.7 Å². The Labute approximate surface area is 193 Å². The van der Waals surface area contributed by atoms with Gasteiger partial charge in [0.1, 0.15) is 11.5 Å². The summed E-state index contributed by atoms with van der Waals surface area (Å²) in [6, 6.07) is 10.6. The van der Waals surface area contributed by atoms with Gasteiger partial charge in [-0.05, 0) is 78.5 Å². The first kappa shape index (κ1) is 23.8. The van der Waals surface area contributed by atoms with Crippen molar-refractivity contribution in [1.29, 1.82) is 0 Å². The minimum atomic E-state index is -0.155. The smallest absolute Gasteiger partial charge is 0.142 e. The Bertz CT molecular complexity index is 984. The maximum absolute atomic E-state index is 6.44. The molecule has 4 nitrogen and oxygen atoms in total. The first-order valence-corrected chi connectivity index (χ1v) is 11.7. The highest BCUT2D eigenvalue weighted by Gasteiger charge is 2.49. The molecule has 0 aliphatic heterocycles. The number of anilines is 2. The standard InChI is InChI=1S/C28H38N2O2/c1-6-10-14-31-25-13-12-20(16-23(25)29)28(9-4)19-27(5,8-3)21-17-24(30)26(18-22(21)28)32-15-11-7-2/h6-7,12-13,16-18H,1-2,8-11,14-15,19,29-30H2,3-5H3. The fourth-order valence-corrected chi connectivity index (χ4v) is 5.05. The molecular formula is C28H38N2O2. The van der Waals surface area contributed by atoms with E-state index in [4.69, 9.17) is 20.9 Å². The van der Waals surface area contributed by atoms with Crippen LogP contribution in [0.25, 0.3) is 0 Å². The van der Waals surface area contributed by atoms with Crippen molar-refractivity contribution in [3.8, 4) is 11.5 Å². The van der Waals surface area contributed by atoms with E-state index < -0.39 is 0 Å². The van der Waals surface area contributed by atoms with Crippen molar-refractivity contribution in [1.82, 2.24) is 0 Å². The third-order valence-electron chi connectivity index (χ3n) is 7.11. The van der Waals surface area contributed by atoms with E-state index in [1.165, 1.54) is 16.7 Å². The lowest BCUT2D eigenvalue weighted by Crippen LogP contribution is -2.27. The van der Waals surface area contributed by atoms with Gasteiger partial charge in [-0.25, -0.2) is 0 Å². The van der Waals surface area contributed by atoms with Crippen LogP contribution in [0.5, 0.6) is 11.5 Å². The molecule has 2 aromatic rings. The molecule has 0 heterocycles. The average Bonchev–Trinajstić information content (AvgIpc) is 3.04. The van der Waals surface area contributed by atoms with Crippen molar-refractivity contribution >= 4 is 11.4 Å². The van der Waals surface area contributed by atoms with Gasteiger partial charge in [-0.2, -0.15) is 0 Å². The Morgan fingerprint density at radius 2 is 1.50 bits per heavy atom. The van der Waals surface area contributed by atoms with E-state index in [0.717, 1.165) is 43.6 Å². The number of nitrogen functional groups attached to an aromatic ring is 2. The van der Waals surface area contributed by atoms with Crippen molar-refractivity contribution in [3.05, 3.63) is 72.3 Å². The van der Waals surface area contributed by atoms with Crippen LogP contribution in [0.4, 0.5) is 11.4 Å². The summed E-state index contributed by atoms with van der Waals surface area (Å²) in [5, 5.41) is 0. The normalized spacial score (nSPS) is 21.7. The highest BCUT2D eigenvalue weighted by atomic mass is 16.5. The molecule has 2 unspecified atom stereocenters. The number of nitrogens with two attached hydrogens (primary N) is 2. The van der Waals surface area contributed by atoms with Crippen LogP contribution in [0.1, 0.15) is 69.6 Å². The van der Waals surface area contributed by atoms with Crippen molar-refractivity contribution in [3.63, 3.8) is 0 Å². The quantitative estimate of drug-likeness (QED) is 0.240. The second kappa shape index (κ2) is 9.72. The van der Waals surface area contributed by atoms with Gasteiger partial charge in [0.2, 0.25) is 0 Å². The molecule has 0 saturated carbocycles. The Hall–Kier alpha value is -2.88. The molecule has 172 valence electrons. The molecule has 2 atom stereocenters. The lowest BCUT2D eigenvalue weighted by Gasteiger charge is -2.33. The Morgan fingerprint density at radius 3 is 2.06 bits per heavy atom. The summed E-state index contributed by atoms with van der Waals surface area (Å²) in [5.41, 5.74) is 17.9. The van der Waals surface area contributed by atoms with Crippen LogP contribution in [0.2, 0.25) is 0 Å². The molecule has 0 amide bonds. The van der Waals surface area contributed by atoms with Crippen LogP contribution >= 0.6 is 0 Å². The molecule has 1 aliphatic rings. The molecule has 3 rings (SSSR count). The molecule has 0 radical (unpaired) electrons. The Kier molecular flexibility index (Phi) is 7.22. The molecule has 0 spiro atoms. The predicted molar refractivity (Wildman–Crippen MR) is 136 cm³/mol. The van der Waals surface area contributed by atoms with E-state index in [0.29, 0.717) is 24.6 Å². The van der Waals surface area contributed by atoms with E-state index in [2.05, 4.69) is 58.2 Å². The number of fused-ring (bicyclic) bond motifs is 1. The second-order valence-electron chi connectivity index (χ2n) is 9.07. The molecular weight excluding hydrogens is 396 g/mol. The summed E-state index contributed by atoms with van der Waals surface area (Å²) in [4.78, 5) is 0. The highest BCUT2D eigenvalue weighted by Crippen LogP contribution is 2.58.